The first-order chi connectivity index (χ1) is 7.19. The second-order valence-corrected chi connectivity index (χ2v) is 4.81. The van der Waals surface area contributed by atoms with Crippen LogP contribution in [-0.4, -0.2) is 12.6 Å². The van der Waals surface area contributed by atoms with Crippen molar-refractivity contribution in [3.05, 3.63) is 11.1 Å². The Hall–Kier alpha value is -0.790. The van der Waals surface area contributed by atoms with Crippen molar-refractivity contribution >= 4 is 5.97 Å². The second-order valence-electron chi connectivity index (χ2n) is 4.81. The average Bonchev–Trinajstić information content (AvgIpc) is 2.67. The van der Waals surface area contributed by atoms with Crippen molar-refractivity contribution in [3.8, 4) is 0 Å². The van der Waals surface area contributed by atoms with Gasteiger partial charge in [0.1, 0.15) is 0 Å². The normalized spacial score (nSPS) is 26.3. The molecule has 0 aromatic heterocycles. The van der Waals surface area contributed by atoms with Crippen molar-refractivity contribution in [2.75, 3.05) is 6.61 Å². The molecule has 0 N–H and O–H groups in total. The van der Waals surface area contributed by atoms with Crippen molar-refractivity contribution in [1.29, 1.82) is 0 Å². The van der Waals surface area contributed by atoms with Crippen LogP contribution in [0.5, 0.6) is 0 Å². The number of carbonyl (C=O) groups excluding carboxylic acids is 1. The highest BCUT2D eigenvalue weighted by Crippen LogP contribution is 2.57. The van der Waals surface area contributed by atoms with Gasteiger partial charge in [0.25, 0.3) is 0 Å². The Morgan fingerprint density at radius 2 is 2.00 bits per heavy atom. The molecule has 1 spiro atoms. The minimum atomic E-state index is -0.0986. The number of hydrogen-bond donors (Lipinski definition) is 0. The molecule has 2 nitrogen and oxygen atoms in total. The predicted molar refractivity (Wildman–Crippen MR) is 59.5 cm³/mol. The minimum Gasteiger partial charge on any atom is -0.463 e. The first-order valence-electron chi connectivity index (χ1n) is 6.07. The Morgan fingerprint density at radius 1 is 1.33 bits per heavy atom. The molecule has 0 atom stereocenters. The highest BCUT2D eigenvalue weighted by Gasteiger charge is 2.45. The molecule has 0 aromatic carbocycles. The van der Waals surface area contributed by atoms with Crippen LogP contribution >= 0.6 is 0 Å². The van der Waals surface area contributed by atoms with E-state index in [-0.39, 0.29) is 5.97 Å². The second kappa shape index (κ2) is 3.99. The monoisotopic (exact) mass is 208 g/mol. The van der Waals surface area contributed by atoms with Crippen molar-refractivity contribution in [3.63, 3.8) is 0 Å². The Labute approximate surface area is 91.7 Å². The summed E-state index contributed by atoms with van der Waals surface area (Å²) in [4.78, 5) is 11.6. The van der Waals surface area contributed by atoms with Gasteiger partial charge in [-0.3, -0.25) is 0 Å². The van der Waals surface area contributed by atoms with Gasteiger partial charge in [0.15, 0.2) is 0 Å². The first kappa shape index (κ1) is 10.7. The number of ether oxygens (including phenoxy) is 1. The number of esters is 1. The van der Waals surface area contributed by atoms with Gasteiger partial charge in [-0.25, -0.2) is 4.79 Å². The molecular weight excluding hydrogens is 188 g/mol. The van der Waals surface area contributed by atoms with Crippen molar-refractivity contribution in [2.24, 2.45) is 5.41 Å². The molecule has 0 aromatic rings. The molecule has 15 heavy (non-hydrogen) atoms. The van der Waals surface area contributed by atoms with E-state index < -0.39 is 0 Å². The van der Waals surface area contributed by atoms with E-state index >= 15 is 0 Å². The molecule has 0 unspecified atom stereocenters. The van der Waals surface area contributed by atoms with Crippen LogP contribution in [-0.2, 0) is 9.53 Å². The van der Waals surface area contributed by atoms with Crippen LogP contribution < -0.4 is 0 Å². The lowest BCUT2D eigenvalue weighted by Crippen LogP contribution is -2.31. The minimum absolute atomic E-state index is 0.0986. The lowest BCUT2D eigenvalue weighted by Gasteiger charge is -2.43. The Balaban J connectivity index is 2.15. The van der Waals surface area contributed by atoms with Crippen LogP contribution in [0.25, 0.3) is 0 Å². The van der Waals surface area contributed by atoms with Gasteiger partial charge in [0, 0.05) is 5.57 Å². The summed E-state index contributed by atoms with van der Waals surface area (Å²) in [5, 5.41) is 0. The third-order valence-electron chi connectivity index (χ3n) is 4.09. The quantitative estimate of drug-likeness (QED) is 0.514. The zero-order valence-corrected chi connectivity index (χ0v) is 9.77. The van der Waals surface area contributed by atoms with Gasteiger partial charge in [-0.05, 0) is 44.9 Å². The lowest BCUT2D eigenvalue weighted by atomic mass is 9.62. The summed E-state index contributed by atoms with van der Waals surface area (Å²) < 4.78 is 5.07. The van der Waals surface area contributed by atoms with Gasteiger partial charge < -0.3 is 4.74 Å². The summed E-state index contributed by atoms with van der Waals surface area (Å²) in [5.41, 5.74) is 2.71. The summed E-state index contributed by atoms with van der Waals surface area (Å²) >= 11 is 0. The largest absolute Gasteiger partial charge is 0.463 e. The molecule has 0 aliphatic heterocycles. The zero-order chi connectivity index (χ0) is 10.9. The van der Waals surface area contributed by atoms with E-state index in [0.717, 1.165) is 12.0 Å². The van der Waals surface area contributed by atoms with Crippen LogP contribution in [0, 0.1) is 5.41 Å². The van der Waals surface area contributed by atoms with Crippen molar-refractivity contribution in [1.82, 2.24) is 0 Å². The molecule has 0 saturated heterocycles. The molecule has 0 amide bonds. The predicted octanol–water partition coefficient (Wildman–Crippen LogP) is 3.22. The molecule has 0 bridgehead atoms. The maximum atomic E-state index is 11.6. The topological polar surface area (TPSA) is 26.3 Å². The fraction of sp³-hybridized carbons (Fsp3) is 0.769. The maximum absolute atomic E-state index is 11.6. The summed E-state index contributed by atoms with van der Waals surface area (Å²) in [6.07, 6.45) is 7.65. The van der Waals surface area contributed by atoms with E-state index in [2.05, 4.69) is 0 Å². The fourth-order valence-electron chi connectivity index (χ4n) is 3.15. The molecule has 2 aliphatic carbocycles. The highest BCUT2D eigenvalue weighted by atomic mass is 16.5. The number of carbonyl (C=O) groups is 1. The fourth-order valence-corrected chi connectivity index (χ4v) is 3.15. The van der Waals surface area contributed by atoms with Gasteiger partial charge in [-0.15, -0.1) is 0 Å². The summed E-state index contributed by atoms with van der Waals surface area (Å²) in [5.74, 6) is -0.0986. The summed E-state index contributed by atoms with van der Waals surface area (Å²) in [7, 11) is 0. The Bertz CT molecular complexity index is 296. The molecular formula is C13H20O2. The van der Waals surface area contributed by atoms with E-state index in [9.17, 15) is 4.79 Å². The van der Waals surface area contributed by atoms with E-state index in [4.69, 9.17) is 4.74 Å². The van der Waals surface area contributed by atoms with Gasteiger partial charge in [0.05, 0.1) is 6.61 Å². The highest BCUT2D eigenvalue weighted by molar-refractivity contribution is 5.89. The van der Waals surface area contributed by atoms with Gasteiger partial charge in [0.2, 0.25) is 0 Å². The van der Waals surface area contributed by atoms with Crippen LogP contribution in [0.4, 0.5) is 0 Å². The van der Waals surface area contributed by atoms with Crippen LogP contribution in [0.1, 0.15) is 52.4 Å². The lowest BCUT2D eigenvalue weighted by molar-refractivity contribution is -0.138. The third-order valence-corrected chi connectivity index (χ3v) is 4.09. The standard InChI is InChI=1S/C13H20O2/c1-3-15-12(14)10(2)11-6-9-13(11)7-4-5-8-13/h3-9H2,1-2H3/b11-10+. The molecule has 2 saturated carbocycles. The third kappa shape index (κ3) is 1.70. The summed E-state index contributed by atoms with van der Waals surface area (Å²) in [6, 6.07) is 0. The summed E-state index contributed by atoms with van der Waals surface area (Å²) in [6.45, 7) is 4.28. The van der Waals surface area contributed by atoms with E-state index in [1.165, 1.54) is 37.7 Å². The first-order valence-corrected chi connectivity index (χ1v) is 6.07. The number of allylic oxidation sites excluding steroid dienone is 1. The van der Waals surface area contributed by atoms with Gasteiger partial charge in [-0.2, -0.15) is 0 Å². The molecule has 2 fully saturated rings. The molecule has 2 heteroatoms. The van der Waals surface area contributed by atoms with Gasteiger partial charge >= 0.3 is 5.97 Å². The smallest absolute Gasteiger partial charge is 0.333 e. The maximum Gasteiger partial charge on any atom is 0.333 e. The molecule has 2 rings (SSSR count). The number of hydrogen-bond acceptors (Lipinski definition) is 2. The van der Waals surface area contributed by atoms with Crippen molar-refractivity contribution in [2.45, 2.75) is 52.4 Å². The molecule has 0 heterocycles. The molecule has 2 aliphatic rings. The van der Waals surface area contributed by atoms with Gasteiger partial charge in [-0.1, -0.05) is 18.4 Å². The van der Waals surface area contributed by atoms with Crippen LogP contribution in [0.15, 0.2) is 11.1 Å². The van der Waals surface area contributed by atoms with E-state index in [0.29, 0.717) is 12.0 Å². The number of rotatable bonds is 2. The van der Waals surface area contributed by atoms with E-state index in [1.54, 1.807) is 0 Å². The van der Waals surface area contributed by atoms with E-state index in [1.807, 2.05) is 13.8 Å². The Kier molecular flexibility index (Phi) is 2.85. The molecule has 84 valence electrons. The average molecular weight is 208 g/mol. The molecule has 0 radical (unpaired) electrons. The SMILES string of the molecule is CCOC(=O)/C(C)=C1\CCC12CCCC2. The zero-order valence-electron chi connectivity index (χ0n) is 9.77. The van der Waals surface area contributed by atoms with Crippen LogP contribution in [0.3, 0.4) is 0 Å². The van der Waals surface area contributed by atoms with Crippen LogP contribution in [0.2, 0.25) is 0 Å². The Morgan fingerprint density at radius 3 is 2.47 bits per heavy atom. The van der Waals surface area contributed by atoms with Crippen molar-refractivity contribution < 1.29 is 9.53 Å².